The summed E-state index contributed by atoms with van der Waals surface area (Å²) in [5.74, 6) is 4.85. The number of phenols is 1. The number of benzene rings is 5. The van der Waals surface area contributed by atoms with E-state index in [9.17, 15) is 10.2 Å². The fourth-order valence-electron chi connectivity index (χ4n) is 9.23. The Bertz CT molecular complexity index is 2040. The van der Waals surface area contributed by atoms with E-state index in [1.807, 2.05) is 6.07 Å². The number of aromatic hydroxyl groups is 1. The molecular formula is C45H48O5S. The fourth-order valence-corrected chi connectivity index (χ4v) is 9.48. The van der Waals surface area contributed by atoms with Crippen molar-refractivity contribution in [3.8, 4) is 40.7 Å². The SMILES string of the molecule is C#CC(O)(c1ccc(CO)cc1)c1ccc(OC)cc1.COc1cc2c(O)cc3c(c2cc1CS)-c1ccccc1C31CC(C)(C)CC(C)(C)C1. The molecule has 1 atom stereocenters. The molecule has 5 aromatic carbocycles. The highest BCUT2D eigenvalue weighted by molar-refractivity contribution is 7.79. The minimum atomic E-state index is -1.50. The first kappa shape index (κ1) is 36.4. The lowest BCUT2D eigenvalue weighted by Crippen LogP contribution is -2.43. The molecule has 0 aromatic heterocycles. The largest absolute Gasteiger partial charge is 0.507 e. The molecule has 2 aliphatic carbocycles. The summed E-state index contributed by atoms with van der Waals surface area (Å²) in [6.45, 7) is 9.57. The van der Waals surface area contributed by atoms with Crippen molar-refractivity contribution in [3.63, 3.8) is 0 Å². The molecule has 0 amide bonds. The zero-order chi connectivity index (χ0) is 36.8. The average Bonchev–Trinajstić information content (AvgIpc) is 3.37. The molecule has 5 nitrogen and oxygen atoms in total. The second kappa shape index (κ2) is 13.6. The molecule has 5 aromatic rings. The van der Waals surface area contributed by atoms with Crippen LogP contribution in [0.2, 0.25) is 0 Å². The highest BCUT2D eigenvalue weighted by atomic mass is 32.1. The highest BCUT2D eigenvalue weighted by Gasteiger charge is 2.53. The standard InChI is InChI=1S/C28H32O2S.C17H16O3/c1-26(2)14-27(3,4)16-28(15-26)21-9-7-6-8-18(21)25-20-10-17(13-31)24(30-5)11-19(20)23(29)12-22(25)28;1-3-17(19,14-6-4-13(12-18)5-7-14)15-8-10-16(20-2)11-9-15/h6-12,29,31H,13-16H2,1-5H3;1,4-11,18-19H,12H2,2H3. The van der Waals surface area contributed by atoms with Crippen LogP contribution in [0.4, 0.5) is 0 Å². The molecular weight excluding hydrogens is 653 g/mol. The number of rotatable bonds is 6. The van der Waals surface area contributed by atoms with Crippen molar-refractivity contribution in [2.24, 2.45) is 10.8 Å². The Kier molecular flexibility index (Phi) is 9.71. The summed E-state index contributed by atoms with van der Waals surface area (Å²) in [4.78, 5) is 0. The van der Waals surface area contributed by atoms with Crippen LogP contribution in [0.15, 0.2) is 91.0 Å². The first-order valence-corrected chi connectivity index (χ1v) is 18.0. The van der Waals surface area contributed by atoms with Crippen molar-refractivity contribution >= 4 is 23.4 Å². The zero-order valence-corrected chi connectivity index (χ0v) is 31.3. The van der Waals surface area contributed by atoms with Gasteiger partial charge in [-0.2, -0.15) is 12.6 Å². The van der Waals surface area contributed by atoms with E-state index in [1.165, 1.54) is 28.7 Å². The van der Waals surface area contributed by atoms with Gasteiger partial charge in [-0.15, -0.1) is 6.42 Å². The maximum atomic E-state index is 11.2. The van der Waals surface area contributed by atoms with Crippen LogP contribution in [0.25, 0.3) is 21.9 Å². The first-order chi connectivity index (χ1) is 24.2. The number of aliphatic hydroxyl groups is 2. The second-order valence-corrected chi connectivity index (χ2v) is 15.9. The Morgan fingerprint density at radius 2 is 1.39 bits per heavy atom. The lowest BCUT2D eigenvalue weighted by molar-refractivity contribution is 0.0645. The molecule has 0 aliphatic heterocycles. The summed E-state index contributed by atoms with van der Waals surface area (Å²) in [6.07, 6.45) is 8.92. The predicted molar refractivity (Wildman–Crippen MR) is 210 cm³/mol. The van der Waals surface area contributed by atoms with Gasteiger partial charge in [-0.25, -0.2) is 0 Å². The lowest BCUT2D eigenvalue weighted by atomic mass is 9.52. The summed E-state index contributed by atoms with van der Waals surface area (Å²) < 4.78 is 10.7. The summed E-state index contributed by atoms with van der Waals surface area (Å²) in [5, 5.41) is 32.9. The summed E-state index contributed by atoms with van der Waals surface area (Å²) in [7, 11) is 3.25. The molecule has 0 bridgehead atoms. The van der Waals surface area contributed by atoms with Crippen molar-refractivity contribution in [2.75, 3.05) is 14.2 Å². The molecule has 1 saturated carbocycles. The number of terminal acetylenes is 1. The van der Waals surface area contributed by atoms with Crippen molar-refractivity contribution in [1.29, 1.82) is 0 Å². The van der Waals surface area contributed by atoms with Crippen LogP contribution in [0.1, 0.15) is 80.3 Å². The second-order valence-electron chi connectivity index (χ2n) is 15.6. The van der Waals surface area contributed by atoms with Crippen LogP contribution in [-0.4, -0.2) is 29.5 Å². The third-order valence-electron chi connectivity index (χ3n) is 10.7. The molecule has 0 saturated heterocycles. The van der Waals surface area contributed by atoms with Gasteiger partial charge in [0.2, 0.25) is 0 Å². The number of hydrogen-bond donors (Lipinski definition) is 4. The van der Waals surface area contributed by atoms with Gasteiger partial charge < -0.3 is 24.8 Å². The molecule has 264 valence electrons. The van der Waals surface area contributed by atoms with Gasteiger partial charge >= 0.3 is 0 Å². The minimum Gasteiger partial charge on any atom is -0.507 e. The smallest absolute Gasteiger partial charge is 0.176 e. The van der Waals surface area contributed by atoms with E-state index < -0.39 is 5.60 Å². The zero-order valence-electron chi connectivity index (χ0n) is 30.4. The molecule has 1 unspecified atom stereocenters. The number of fused-ring (bicyclic) bond motifs is 7. The number of thiol groups is 1. The Balaban J connectivity index is 0.000000194. The molecule has 1 spiro atoms. The van der Waals surface area contributed by atoms with Crippen LogP contribution < -0.4 is 9.47 Å². The summed E-state index contributed by atoms with van der Waals surface area (Å²) >= 11 is 4.54. The van der Waals surface area contributed by atoms with E-state index in [0.29, 0.717) is 28.4 Å². The van der Waals surface area contributed by atoms with Crippen LogP contribution in [0, 0.1) is 23.2 Å². The Morgan fingerprint density at radius 3 is 1.94 bits per heavy atom. The van der Waals surface area contributed by atoms with Crippen LogP contribution in [0.3, 0.4) is 0 Å². The minimum absolute atomic E-state index is 0.0443. The summed E-state index contributed by atoms with van der Waals surface area (Å²) in [5.41, 5.74) is 7.15. The first-order valence-electron chi connectivity index (χ1n) is 17.4. The number of phenolic OH excluding ortho intramolecular Hbond substituents is 1. The highest BCUT2D eigenvalue weighted by Crippen LogP contribution is 2.64. The quantitative estimate of drug-likeness (QED) is 0.105. The van der Waals surface area contributed by atoms with E-state index >= 15 is 0 Å². The van der Waals surface area contributed by atoms with Gasteiger partial charge in [0.25, 0.3) is 0 Å². The molecule has 0 heterocycles. The molecule has 1 fully saturated rings. The Hall–Kier alpha value is -4.41. The van der Waals surface area contributed by atoms with Gasteiger partial charge in [0.15, 0.2) is 5.60 Å². The normalized spacial score (nSPS) is 17.3. The third-order valence-corrected chi connectivity index (χ3v) is 11.0. The van der Waals surface area contributed by atoms with Gasteiger partial charge in [0.05, 0.1) is 20.8 Å². The molecule has 3 N–H and O–H groups in total. The van der Waals surface area contributed by atoms with Gasteiger partial charge in [0, 0.05) is 33.2 Å². The van der Waals surface area contributed by atoms with Gasteiger partial charge in [-0.3, -0.25) is 0 Å². The predicted octanol–water partition coefficient (Wildman–Crippen LogP) is 9.54. The average molecular weight is 701 g/mol. The van der Waals surface area contributed by atoms with E-state index in [1.54, 1.807) is 62.8 Å². The number of ether oxygens (including phenoxy) is 2. The molecule has 2 aliphatic rings. The summed E-state index contributed by atoms with van der Waals surface area (Å²) in [6, 6.07) is 29.0. The topological polar surface area (TPSA) is 79.2 Å². The van der Waals surface area contributed by atoms with E-state index in [-0.39, 0.29) is 22.9 Å². The third kappa shape index (κ3) is 6.48. The number of aliphatic hydroxyl groups excluding tert-OH is 1. The maximum Gasteiger partial charge on any atom is 0.176 e. The van der Waals surface area contributed by atoms with E-state index in [2.05, 4.69) is 82.6 Å². The van der Waals surface area contributed by atoms with E-state index in [0.717, 1.165) is 40.5 Å². The van der Waals surface area contributed by atoms with Crippen molar-refractivity contribution in [3.05, 3.63) is 124 Å². The Morgan fingerprint density at radius 1 is 0.784 bits per heavy atom. The Labute approximate surface area is 307 Å². The van der Waals surface area contributed by atoms with Crippen LogP contribution in [-0.2, 0) is 23.4 Å². The van der Waals surface area contributed by atoms with Gasteiger partial charge in [0.1, 0.15) is 17.2 Å². The molecule has 0 radical (unpaired) electrons. The van der Waals surface area contributed by atoms with Crippen molar-refractivity contribution < 1.29 is 24.8 Å². The van der Waals surface area contributed by atoms with Crippen molar-refractivity contribution in [2.45, 2.75) is 70.3 Å². The van der Waals surface area contributed by atoms with Crippen LogP contribution in [0.5, 0.6) is 17.2 Å². The maximum absolute atomic E-state index is 11.2. The lowest BCUT2D eigenvalue weighted by Gasteiger charge is -2.51. The van der Waals surface area contributed by atoms with Gasteiger partial charge in [-0.1, -0.05) is 94.3 Å². The van der Waals surface area contributed by atoms with Crippen LogP contribution >= 0.6 is 12.6 Å². The molecule has 7 rings (SSSR count). The van der Waals surface area contributed by atoms with Crippen molar-refractivity contribution in [1.82, 2.24) is 0 Å². The molecule has 51 heavy (non-hydrogen) atoms. The fraction of sp³-hybridized carbons (Fsp3) is 0.333. The monoisotopic (exact) mass is 700 g/mol. The number of hydrogen-bond acceptors (Lipinski definition) is 6. The van der Waals surface area contributed by atoms with Gasteiger partial charge in [-0.05, 0) is 93.6 Å². The van der Waals surface area contributed by atoms with E-state index in [4.69, 9.17) is 21.0 Å². The number of methoxy groups -OCH3 is 2. The molecule has 6 heteroatoms.